The number of hydrogen-bond acceptors (Lipinski definition) is 6. The molecule has 1 aliphatic rings. The van der Waals surface area contributed by atoms with Crippen molar-refractivity contribution in [2.24, 2.45) is 5.92 Å². The Morgan fingerprint density at radius 3 is 2.69 bits per heavy atom. The summed E-state index contributed by atoms with van der Waals surface area (Å²) in [6.07, 6.45) is 3.18. The molecule has 192 valence electrons. The summed E-state index contributed by atoms with van der Waals surface area (Å²) in [7, 11) is -1.99. The van der Waals surface area contributed by atoms with Crippen LogP contribution in [-0.4, -0.2) is 66.6 Å². The third kappa shape index (κ3) is 5.59. The Morgan fingerprint density at radius 2 is 2.00 bits per heavy atom. The summed E-state index contributed by atoms with van der Waals surface area (Å²) in [5.74, 6) is -0.407. The molecule has 36 heavy (non-hydrogen) atoms. The number of pyridine rings is 1. The van der Waals surface area contributed by atoms with Gasteiger partial charge in [-0.1, -0.05) is 37.3 Å². The van der Waals surface area contributed by atoms with Gasteiger partial charge < -0.3 is 9.84 Å². The highest BCUT2D eigenvalue weighted by molar-refractivity contribution is 7.89. The first-order chi connectivity index (χ1) is 17.2. The normalized spacial score (nSPS) is 20.7. The minimum absolute atomic E-state index is 0.00898. The van der Waals surface area contributed by atoms with Crippen LogP contribution in [-0.2, 0) is 16.6 Å². The number of ether oxygens (including phenoxy) is 1. The van der Waals surface area contributed by atoms with Crippen LogP contribution in [0.25, 0.3) is 11.1 Å². The van der Waals surface area contributed by atoms with Gasteiger partial charge in [0.05, 0.1) is 6.61 Å². The Morgan fingerprint density at radius 1 is 1.22 bits per heavy atom. The van der Waals surface area contributed by atoms with Crippen molar-refractivity contribution in [3.05, 3.63) is 78.4 Å². The molecule has 2 heterocycles. The minimum atomic E-state index is -3.96. The van der Waals surface area contributed by atoms with Crippen LogP contribution in [0.1, 0.15) is 19.4 Å². The number of sulfonamides is 1. The number of nitrogens with zero attached hydrogens (tertiary/aromatic N) is 3. The molecule has 4 rings (SSSR count). The van der Waals surface area contributed by atoms with Crippen LogP contribution in [0.5, 0.6) is 5.75 Å². The van der Waals surface area contributed by atoms with Crippen molar-refractivity contribution in [3.63, 3.8) is 0 Å². The van der Waals surface area contributed by atoms with Gasteiger partial charge in [0.25, 0.3) is 0 Å². The van der Waals surface area contributed by atoms with Crippen LogP contribution >= 0.6 is 0 Å². The molecule has 0 fully saturated rings. The van der Waals surface area contributed by atoms with E-state index in [1.807, 2.05) is 32.3 Å². The molecule has 1 N–H and O–H groups in total. The monoisotopic (exact) mass is 513 g/mol. The van der Waals surface area contributed by atoms with Crippen molar-refractivity contribution >= 4 is 10.0 Å². The molecule has 0 radical (unpaired) electrons. The van der Waals surface area contributed by atoms with Crippen molar-refractivity contribution in [1.82, 2.24) is 14.2 Å². The second-order valence-corrected chi connectivity index (χ2v) is 11.3. The van der Waals surface area contributed by atoms with Crippen molar-refractivity contribution < 1.29 is 22.7 Å². The molecule has 0 bridgehead atoms. The van der Waals surface area contributed by atoms with Crippen molar-refractivity contribution in [3.8, 4) is 16.9 Å². The molecular weight excluding hydrogens is 481 g/mol. The van der Waals surface area contributed by atoms with E-state index < -0.39 is 21.9 Å². The zero-order valence-electron chi connectivity index (χ0n) is 20.7. The van der Waals surface area contributed by atoms with E-state index in [2.05, 4.69) is 9.88 Å². The van der Waals surface area contributed by atoms with Gasteiger partial charge in [-0.15, -0.1) is 0 Å². The van der Waals surface area contributed by atoms with Gasteiger partial charge in [0.2, 0.25) is 10.0 Å². The van der Waals surface area contributed by atoms with Crippen LogP contribution in [0.15, 0.2) is 71.9 Å². The Hall–Kier alpha value is -2.85. The van der Waals surface area contributed by atoms with Crippen LogP contribution in [0.3, 0.4) is 0 Å². The molecule has 9 heteroatoms. The van der Waals surface area contributed by atoms with Crippen molar-refractivity contribution in [2.75, 3.05) is 26.7 Å². The van der Waals surface area contributed by atoms with E-state index in [0.717, 1.165) is 5.56 Å². The van der Waals surface area contributed by atoms with E-state index in [0.29, 0.717) is 24.2 Å². The van der Waals surface area contributed by atoms with Gasteiger partial charge in [-0.25, -0.2) is 12.8 Å². The summed E-state index contributed by atoms with van der Waals surface area (Å²) < 4.78 is 49.6. The predicted octanol–water partition coefficient (Wildman–Crippen LogP) is 3.79. The number of fused-ring (bicyclic) bond motifs is 1. The molecule has 0 aliphatic carbocycles. The fourth-order valence-corrected chi connectivity index (χ4v) is 6.31. The predicted molar refractivity (Wildman–Crippen MR) is 136 cm³/mol. The molecule has 3 atom stereocenters. The highest BCUT2D eigenvalue weighted by Gasteiger charge is 2.38. The number of likely N-dealkylation sites (N-methyl/N-ethyl adjacent to an activating group) is 1. The Kier molecular flexibility index (Phi) is 8.04. The molecule has 2 aromatic carbocycles. The lowest BCUT2D eigenvalue weighted by atomic mass is 10.0. The fourth-order valence-electron chi connectivity index (χ4n) is 4.48. The van der Waals surface area contributed by atoms with Crippen LogP contribution < -0.4 is 4.74 Å². The lowest BCUT2D eigenvalue weighted by Crippen LogP contribution is -2.49. The van der Waals surface area contributed by atoms with E-state index in [1.165, 1.54) is 16.4 Å². The van der Waals surface area contributed by atoms with E-state index in [-0.39, 0.29) is 35.8 Å². The average Bonchev–Trinajstić information content (AvgIpc) is 2.86. The summed E-state index contributed by atoms with van der Waals surface area (Å²) in [4.78, 5) is 6.29. The summed E-state index contributed by atoms with van der Waals surface area (Å²) >= 11 is 0. The Labute approximate surface area is 212 Å². The number of aliphatic hydroxyl groups excluding tert-OH is 1. The standard InChI is InChI=1S/C27H32FN3O4S/c1-19-15-31(20(2)18-32)36(33,34)27-11-10-22(23-8-4-5-9-24(23)28)13-25(27)35-26(19)17-30(3)16-21-7-6-12-29-14-21/h4-14,19-20,26,32H,15-18H2,1-3H3/t19-,20+,26-/m1/s1. The molecule has 0 spiro atoms. The highest BCUT2D eigenvalue weighted by Crippen LogP contribution is 2.37. The summed E-state index contributed by atoms with van der Waals surface area (Å²) in [5.41, 5.74) is 1.94. The molecule has 1 aliphatic heterocycles. The molecule has 0 unspecified atom stereocenters. The Balaban J connectivity index is 1.74. The fraction of sp³-hybridized carbons (Fsp3) is 0.370. The third-order valence-electron chi connectivity index (χ3n) is 6.52. The number of benzene rings is 2. The van der Waals surface area contributed by atoms with E-state index >= 15 is 0 Å². The number of hydrogen-bond donors (Lipinski definition) is 1. The largest absolute Gasteiger partial charge is 0.487 e. The molecular formula is C27H32FN3O4S. The van der Waals surface area contributed by atoms with Gasteiger partial charge in [0, 0.05) is 49.6 Å². The summed E-state index contributed by atoms with van der Waals surface area (Å²) in [6.45, 7) is 4.70. The third-order valence-corrected chi connectivity index (χ3v) is 8.54. The maximum Gasteiger partial charge on any atom is 0.247 e. The van der Waals surface area contributed by atoms with Crippen molar-refractivity contribution in [2.45, 2.75) is 37.4 Å². The average molecular weight is 514 g/mol. The smallest absolute Gasteiger partial charge is 0.247 e. The maximum atomic E-state index is 14.5. The second-order valence-electron chi connectivity index (χ2n) is 9.44. The highest BCUT2D eigenvalue weighted by atomic mass is 32.2. The SMILES string of the molecule is C[C@@H]1CN([C@@H](C)CO)S(=O)(=O)c2ccc(-c3ccccc3F)cc2O[C@@H]1CN(C)Cc1cccnc1. The van der Waals surface area contributed by atoms with Gasteiger partial charge in [-0.2, -0.15) is 4.31 Å². The first-order valence-electron chi connectivity index (χ1n) is 12.0. The molecule has 0 saturated carbocycles. The van der Waals surface area contributed by atoms with E-state index in [9.17, 15) is 17.9 Å². The van der Waals surface area contributed by atoms with Gasteiger partial charge in [-0.3, -0.25) is 9.88 Å². The van der Waals surface area contributed by atoms with E-state index in [4.69, 9.17) is 4.74 Å². The second kappa shape index (κ2) is 11.0. The first kappa shape index (κ1) is 26.2. The number of aliphatic hydroxyl groups is 1. The van der Waals surface area contributed by atoms with Crippen LogP contribution in [0.2, 0.25) is 0 Å². The van der Waals surface area contributed by atoms with Gasteiger partial charge in [0.15, 0.2) is 0 Å². The van der Waals surface area contributed by atoms with Crippen LogP contribution in [0, 0.1) is 11.7 Å². The number of rotatable bonds is 7. The number of aromatic nitrogens is 1. The van der Waals surface area contributed by atoms with Crippen LogP contribution in [0.4, 0.5) is 4.39 Å². The summed E-state index contributed by atoms with van der Waals surface area (Å²) in [6, 6.07) is 14.3. The van der Waals surface area contributed by atoms with Gasteiger partial charge in [0.1, 0.15) is 22.6 Å². The van der Waals surface area contributed by atoms with E-state index in [1.54, 1.807) is 43.5 Å². The summed E-state index contributed by atoms with van der Waals surface area (Å²) in [5, 5.41) is 9.82. The molecule has 1 aromatic heterocycles. The topological polar surface area (TPSA) is 83.0 Å². The zero-order chi connectivity index (χ0) is 25.9. The molecule has 0 amide bonds. The lowest BCUT2D eigenvalue weighted by Gasteiger charge is -2.37. The molecule has 7 nitrogen and oxygen atoms in total. The van der Waals surface area contributed by atoms with Gasteiger partial charge >= 0.3 is 0 Å². The molecule has 0 saturated heterocycles. The lowest BCUT2D eigenvalue weighted by molar-refractivity contribution is 0.0734. The Bertz CT molecular complexity index is 1290. The minimum Gasteiger partial charge on any atom is -0.487 e. The van der Waals surface area contributed by atoms with Gasteiger partial charge in [-0.05, 0) is 49.4 Å². The van der Waals surface area contributed by atoms with Crippen molar-refractivity contribution in [1.29, 1.82) is 0 Å². The number of halogens is 1. The first-order valence-corrected chi connectivity index (χ1v) is 13.4. The zero-order valence-corrected chi connectivity index (χ0v) is 21.5. The molecule has 3 aromatic rings. The quantitative estimate of drug-likeness (QED) is 0.518. The maximum absolute atomic E-state index is 14.5.